The zero-order valence-corrected chi connectivity index (χ0v) is 31.3. The molecule has 11 nitrogen and oxygen atoms in total. The Kier molecular flexibility index (Phi) is 15.7. The SMILES string of the molecule is CC(=O)c1ccc(C(=O)/C=C/c2ccc(C(=O)OCCOc3ccc(C(=O)C(C)(C)O)cc3)cc2)cc1.COCCOc1ccc(C(=O)C(C)(C)O)cc1. The smallest absolute Gasteiger partial charge is 0.338 e. The van der Waals surface area contributed by atoms with Crippen LogP contribution in [0.5, 0.6) is 11.5 Å². The second kappa shape index (κ2) is 19.9. The highest BCUT2D eigenvalue weighted by molar-refractivity contribution is 6.07. The van der Waals surface area contributed by atoms with E-state index in [9.17, 15) is 34.2 Å². The molecule has 4 aromatic carbocycles. The summed E-state index contributed by atoms with van der Waals surface area (Å²) in [5.74, 6) is -0.280. The molecule has 0 saturated carbocycles. The molecule has 0 aliphatic rings. The molecule has 0 aromatic heterocycles. The van der Waals surface area contributed by atoms with Gasteiger partial charge in [0.15, 0.2) is 23.1 Å². The van der Waals surface area contributed by atoms with Crippen LogP contribution in [0, 0.1) is 0 Å². The largest absolute Gasteiger partial charge is 0.491 e. The lowest BCUT2D eigenvalue weighted by atomic mass is 9.97. The summed E-state index contributed by atoms with van der Waals surface area (Å²) in [5, 5.41) is 19.4. The van der Waals surface area contributed by atoms with Crippen LogP contribution in [0.3, 0.4) is 0 Å². The van der Waals surface area contributed by atoms with E-state index in [1.807, 2.05) is 0 Å². The summed E-state index contributed by atoms with van der Waals surface area (Å²) < 4.78 is 21.0. The molecular formula is C43H46O11. The van der Waals surface area contributed by atoms with Crippen molar-refractivity contribution in [1.29, 1.82) is 0 Å². The van der Waals surface area contributed by atoms with Crippen LogP contribution in [-0.4, -0.2) is 84.1 Å². The standard InChI is InChI=1S/C30H28O7.C13H18O4/c1-20(31)22-9-11-23(12-10-22)27(32)17-6-21-4-7-25(8-5-21)29(34)37-19-18-36-26-15-13-24(14-16-26)28(33)30(2,3)35;1-13(2,15)12(14)10-4-6-11(7-5-10)17-9-8-16-3/h4-17,35H,18-19H2,1-3H3;4-7,15H,8-9H2,1-3H3/b17-6+;. The molecule has 0 unspecified atom stereocenters. The van der Waals surface area contributed by atoms with Gasteiger partial charge in [-0.2, -0.15) is 0 Å². The molecule has 0 fully saturated rings. The number of hydrogen-bond acceptors (Lipinski definition) is 11. The number of rotatable bonds is 17. The van der Waals surface area contributed by atoms with Crippen molar-refractivity contribution < 1.29 is 53.1 Å². The van der Waals surface area contributed by atoms with Gasteiger partial charge in [-0.25, -0.2) is 4.79 Å². The van der Waals surface area contributed by atoms with Crippen LogP contribution in [0.15, 0.2) is 103 Å². The maximum atomic E-state index is 12.3. The molecule has 0 heterocycles. The van der Waals surface area contributed by atoms with Crippen LogP contribution in [0.25, 0.3) is 6.08 Å². The van der Waals surface area contributed by atoms with Crippen LogP contribution in [0.2, 0.25) is 0 Å². The lowest BCUT2D eigenvalue weighted by molar-refractivity contribution is 0.0449. The van der Waals surface area contributed by atoms with Crippen LogP contribution in [0.1, 0.15) is 92.0 Å². The molecule has 0 aliphatic carbocycles. The average Bonchev–Trinajstić information content (AvgIpc) is 3.15. The Morgan fingerprint density at radius 3 is 1.39 bits per heavy atom. The van der Waals surface area contributed by atoms with Crippen LogP contribution in [-0.2, 0) is 9.47 Å². The average molecular weight is 739 g/mol. The summed E-state index contributed by atoms with van der Waals surface area (Å²) in [7, 11) is 1.61. The number of ketones is 4. The van der Waals surface area contributed by atoms with Crippen molar-refractivity contribution in [3.63, 3.8) is 0 Å². The Morgan fingerprint density at radius 1 is 0.556 bits per heavy atom. The lowest BCUT2D eigenvalue weighted by Gasteiger charge is -2.15. The van der Waals surface area contributed by atoms with Crippen molar-refractivity contribution >= 4 is 35.2 Å². The minimum Gasteiger partial charge on any atom is -0.491 e. The predicted molar refractivity (Wildman–Crippen MR) is 204 cm³/mol. The second-order valence-electron chi connectivity index (χ2n) is 13.1. The van der Waals surface area contributed by atoms with Crippen molar-refractivity contribution in [2.45, 2.75) is 45.8 Å². The molecule has 0 radical (unpaired) electrons. The van der Waals surface area contributed by atoms with E-state index in [2.05, 4.69) is 0 Å². The molecule has 0 aliphatic heterocycles. The summed E-state index contributed by atoms with van der Waals surface area (Å²) in [6, 6.07) is 26.1. The number of carbonyl (C=O) groups is 5. The van der Waals surface area contributed by atoms with E-state index in [0.29, 0.717) is 52.5 Å². The fraction of sp³-hybridized carbons (Fsp3) is 0.279. The first-order valence-electron chi connectivity index (χ1n) is 17.1. The Bertz CT molecular complexity index is 1890. The summed E-state index contributed by atoms with van der Waals surface area (Å²) in [6.45, 7) is 8.41. The van der Waals surface area contributed by atoms with Crippen LogP contribution in [0.4, 0.5) is 0 Å². The fourth-order valence-electron chi connectivity index (χ4n) is 4.60. The van der Waals surface area contributed by atoms with Gasteiger partial charge in [0.1, 0.15) is 42.5 Å². The molecule has 11 heteroatoms. The summed E-state index contributed by atoms with van der Waals surface area (Å²) >= 11 is 0. The monoisotopic (exact) mass is 738 g/mol. The third-order valence-corrected chi connectivity index (χ3v) is 7.64. The Labute approximate surface area is 315 Å². The number of ether oxygens (including phenoxy) is 4. The molecule has 0 spiro atoms. The highest BCUT2D eigenvalue weighted by atomic mass is 16.6. The molecule has 0 bridgehead atoms. The van der Waals surface area contributed by atoms with Crippen LogP contribution >= 0.6 is 0 Å². The van der Waals surface area contributed by atoms with E-state index in [1.54, 1.807) is 110 Å². The van der Waals surface area contributed by atoms with Gasteiger partial charge < -0.3 is 29.2 Å². The molecule has 4 aromatic rings. The zero-order valence-electron chi connectivity index (χ0n) is 31.3. The van der Waals surface area contributed by atoms with Crippen molar-refractivity contribution in [3.05, 3.63) is 137 Å². The number of carbonyl (C=O) groups excluding carboxylic acids is 5. The van der Waals surface area contributed by atoms with Crippen molar-refractivity contribution in [2.75, 3.05) is 33.5 Å². The second-order valence-corrected chi connectivity index (χ2v) is 13.1. The molecular weight excluding hydrogens is 692 g/mol. The minimum absolute atomic E-state index is 0.0295. The number of esters is 1. The van der Waals surface area contributed by atoms with E-state index in [0.717, 1.165) is 5.56 Å². The van der Waals surface area contributed by atoms with Gasteiger partial charge in [-0.15, -0.1) is 0 Å². The molecule has 0 amide bonds. The first kappa shape index (κ1) is 42.7. The molecule has 2 N–H and O–H groups in total. The molecule has 54 heavy (non-hydrogen) atoms. The first-order chi connectivity index (χ1) is 25.5. The highest BCUT2D eigenvalue weighted by Gasteiger charge is 2.26. The summed E-state index contributed by atoms with van der Waals surface area (Å²) in [4.78, 5) is 59.7. The number of methoxy groups -OCH3 is 1. The topological polar surface area (TPSA) is 163 Å². The molecule has 0 atom stereocenters. The lowest BCUT2D eigenvalue weighted by Crippen LogP contribution is -2.30. The van der Waals surface area contributed by atoms with Gasteiger partial charge in [0.05, 0.1) is 12.2 Å². The van der Waals surface area contributed by atoms with E-state index >= 15 is 0 Å². The van der Waals surface area contributed by atoms with Crippen LogP contribution < -0.4 is 9.47 Å². The molecule has 0 saturated heterocycles. The van der Waals surface area contributed by atoms with E-state index in [4.69, 9.17) is 18.9 Å². The van der Waals surface area contributed by atoms with Gasteiger partial charge >= 0.3 is 5.97 Å². The molecule has 284 valence electrons. The maximum Gasteiger partial charge on any atom is 0.338 e. The number of Topliss-reactive ketones (excluding diaryl/α,β-unsaturated/α-hetero) is 3. The number of allylic oxidation sites excluding steroid dienone is 1. The first-order valence-corrected chi connectivity index (χ1v) is 17.1. The van der Waals surface area contributed by atoms with Gasteiger partial charge in [0, 0.05) is 29.4 Å². The number of benzene rings is 4. The minimum atomic E-state index is -1.45. The normalized spacial score (nSPS) is 11.3. The number of aliphatic hydroxyl groups is 2. The van der Waals surface area contributed by atoms with Gasteiger partial charge in [0.25, 0.3) is 0 Å². The quantitative estimate of drug-likeness (QED) is 0.0517. The van der Waals surface area contributed by atoms with E-state index in [1.165, 1.54) is 40.7 Å². The van der Waals surface area contributed by atoms with Crippen molar-refractivity contribution in [1.82, 2.24) is 0 Å². The van der Waals surface area contributed by atoms with E-state index < -0.39 is 17.2 Å². The Hall–Kier alpha value is -5.75. The predicted octanol–water partition coefficient (Wildman–Crippen LogP) is 6.64. The maximum absolute atomic E-state index is 12.3. The third-order valence-electron chi connectivity index (χ3n) is 7.64. The molecule has 4 rings (SSSR count). The summed E-state index contributed by atoms with van der Waals surface area (Å²) in [6.07, 6.45) is 3.07. The van der Waals surface area contributed by atoms with Gasteiger partial charge in [0.2, 0.25) is 0 Å². The Balaban J connectivity index is 0.000000386. The van der Waals surface area contributed by atoms with Gasteiger partial charge in [-0.1, -0.05) is 42.5 Å². The van der Waals surface area contributed by atoms with Gasteiger partial charge in [-0.05, 0) is 107 Å². The third kappa shape index (κ3) is 13.7. The van der Waals surface area contributed by atoms with Crippen molar-refractivity contribution in [3.8, 4) is 11.5 Å². The highest BCUT2D eigenvalue weighted by Crippen LogP contribution is 2.19. The number of hydrogen-bond donors (Lipinski definition) is 2. The fourth-order valence-corrected chi connectivity index (χ4v) is 4.60. The zero-order chi connectivity index (χ0) is 39.9. The Morgan fingerprint density at radius 2 is 0.963 bits per heavy atom. The van der Waals surface area contributed by atoms with Gasteiger partial charge in [-0.3, -0.25) is 19.2 Å². The van der Waals surface area contributed by atoms with E-state index in [-0.39, 0.29) is 36.3 Å². The van der Waals surface area contributed by atoms with Crippen molar-refractivity contribution in [2.24, 2.45) is 0 Å². The summed E-state index contributed by atoms with van der Waals surface area (Å²) in [5.41, 5.74) is 0.157.